The maximum absolute atomic E-state index is 6.93. The highest BCUT2D eigenvalue weighted by Crippen LogP contribution is 2.54. The Morgan fingerprint density at radius 3 is 0.588 bits per heavy atom. The van der Waals surface area contributed by atoms with Crippen molar-refractivity contribution in [2.45, 2.75) is 177 Å². The number of hydrogen-bond donors (Lipinski definition) is 0. The van der Waals surface area contributed by atoms with Gasteiger partial charge >= 0.3 is 0 Å². The van der Waals surface area contributed by atoms with Gasteiger partial charge in [-0.1, -0.05) is 143 Å². The fraction of sp³-hybridized carbons (Fsp3) is 0.571. The summed E-state index contributed by atoms with van der Waals surface area (Å²) in [5.41, 5.74) is 19.4. The molecule has 0 amide bonds. The highest BCUT2D eigenvalue weighted by atomic mass is 79.9. The Morgan fingerprint density at radius 1 is 0.265 bits per heavy atom. The molecule has 5 aliphatic rings. The number of unbranched alkanes of at least 4 members (excludes halogenated alkanes) is 8. The van der Waals surface area contributed by atoms with Crippen LogP contribution >= 0.6 is 63.7 Å². The van der Waals surface area contributed by atoms with Gasteiger partial charge in [-0.15, -0.1) is 0 Å². The standard InChI is InChI=1S/C56H68Br4O8/c1-5-9-13-17-33-37-21-39-34(18-14-10-6-2)41-23-43-36(20-16-12-8-4)44-24-42-35(19-15-11-7-3)40-22-38(33)50-45(25-57)49(37)61-29-63-51(39)46(26-58)53(41)65-31-67-55(43)48(28-60)56(44)68-32-66-54(42)47(27-59)52(40)64-30-62-50/h5-32H2,1-4H3. The quantitative estimate of drug-likeness (QED) is 0.0564. The summed E-state index contributed by atoms with van der Waals surface area (Å²) in [7, 11) is 0. The van der Waals surface area contributed by atoms with Crippen LogP contribution < -0.4 is 37.9 Å². The molecule has 4 aromatic rings. The number of ether oxygens (including phenoxy) is 8. The Balaban J connectivity index is 1.47. The van der Waals surface area contributed by atoms with E-state index in [4.69, 9.17) is 37.9 Å². The Kier molecular flexibility index (Phi) is 17.1. The van der Waals surface area contributed by atoms with Gasteiger partial charge in [0.1, 0.15) is 46.0 Å². The molecule has 0 atom stereocenters. The van der Waals surface area contributed by atoms with Crippen molar-refractivity contribution in [1.29, 1.82) is 0 Å². The molecular weight excluding hydrogens is 1120 g/mol. The summed E-state index contributed by atoms with van der Waals surface area (Å²) in [4.78, 5) is 0. The summed E-state index contributed by atoms with van der Waals surface area (Å²) < 4.78 is 55.4. The Labute approximate surface area is 438 Å². The second-order valence-corrected chi connectivity index (χ2v) is 21.2. The van der Waals surface area contributed by atoms with Gasteiger partial charge in [0.05, 0.1) is 0 Å². The molecule has 368 valence electrons. The molecule has 0 fully saturated rings. The van der Waals surface area contributed by atoms with Crippen LogP contribution in [0.2, 0.25) is 0 Å². The van der Waals surface area contributed by atoms with E-state index in [-0.39, 0.29) is 27.2 Å². The van der Waals surface area contributed by atoms with E-state index in [0.29, 0.717) is 47.0 Å². The largest absolute Gasteiger partial charge is 0.457 e. The van der Waals surface area contributed by atoms with Gasteiger partial charge in [0.2, 0.25) is 27.2 Å². The number of halogens is 4. The fourth-order valence-electron chi connectivity index (χ4n) is 11.8. The zero-order valence-electron chi connectivity index (χ0n) is 40.6. The molecule has 1 aliphatic carbocycles. The van der Waals surface area contributed by atoms with Gasteiger partial charge in [-0.25, -0.2) is 0 Å². The molecule has 4 aromatic carbocycles. The summed E-state index contributed by atoms with van der Waals surface area (Å²) >= 11 is 15.9. The smallest absolute Gasteiger partial charge is 0.230 e. The molecule has 0 aromatic heterocycles. The molecule has 0 saturated carbocycles. The number of benzene rings is 4. The zero-order valence-corrected chi connectivity index (χ0v) is 46.9. The van der Waals surface area contributed by atoms with E-state index in [2.05, 4.69) is 91.4 Å². The van der Waals surface area contributed by atoms with E-state index in [0.717, 1.165) is 171 Å². The van der Waals surface area contributed by atoms with Crippen LogP contribution in [0.4, 0.5) is 0 Å². The number of hydrogen-bond acceptors (Lipinski definition) is 8. The van der Waals surface area contributed by atoms with E-state index in [1.807, 2.05) is 0 Å². The van der Waals surface area contributed by atoms with Crippen LogP contribution in [0.25, 0.3) is 0 Å². The molecule has 68 heavy (non-hydrogen) atoms. The molecule has 4 heterocycles. The van der Waals surface area contributed by atoms with Crippen LogP contribution in [0.15, 0.2) is 0 Å². The highest BCUT2D eigenvalue weighted by molar-refractivity contribution is 9.09. The molecule has 0 N–H and O–H groups in total. The second kappa shape index (κ2) is 23.2. The molecule has 0 unspecified atom stereocenters. The van der Waals surface area contributed by atoms with E-state index in [1.165, 1.54) is 66.8 Å². The lowest BCUT2D eigenvalue weighted by Crippen LogP contribution is -2.25. The van der Waals surface area contributed by atoms with E-state index in [9.17, 15) is 0 Å². The molecule has 8 bridgehead atoms. The van der Waals surface area contributed by atoms with Gasteiger partial charge in [0.15, 0.2) is 0 Å². The van der Waals surface area contributed by atoms with Crippen LogP contribution in [-0.4, -0.2) is 27.2 Å². The van der Waals surface area contributed by atoms with E-state index >= 15 is 0 Å². The van der Waals surface area contributed by atoms with Gasteiger partial charge in [-0.3, -0.25) is 0 Å². The van der Waals surface area contributed by atoms with E-state index < -0.39 is 0 Å². The van der Waals surface area contributed by atoms with Gasteiger partial charge in [0, 0.05) is 114 Å². The third-order valence-electron chi connectivity index (χ3n) is 15.0. The molecule has 4 aliphatic heterocycles. The number of rotatable bonds is 20. The van der Waals surface area contributed by atoms with Crippen molar-refractivity contribution < 1.29 is 37.9 Å². The third kappa shape index (κ3) is 9.41. The minimum atomic E-state index is 0.0592. The van der Waals surface area contributed by atoms with Crippen molar-refractivity contribution in [2.75, 3.05) is 27.2 Å². The van der Waals surface area contributed by atoms with Gasteiger partial charge in [0.25, 0.3) is 0 Å². The first-order chi connectivity index (χ1) is 33.5. The minimum absolute atomic E-state index is 0.0592. The third-order valence-corrected chi connectivity index (χ3v) is 17.2. The topological polar surface area (TPSA) is 73.8 Å². The molecule has 0 radical (unpaired) electrons. The predicted octanol–water partition coefficient (Wildman–Crippen LogP) is 15.8. The molecule has 0 saturated heterocycles. The molecule has 12 heteroatoms. The Hall–Kier alpha value is -2.80. The van der Waals surface area contributed by atoms with Crippen molar-refractivity contribution in [3.8, 4) is 46.0 Å². The normalized spacial score (nSPS) is 14.9. The Bertz CT molecular complexity index is 2030. The monoisotopic (exact) mass is 1180 g/mol. The minimum Gasteiger partial charge on any atom is -0.457 e. The van der Waals surface area contributed by atoms with Crippen molar-refractivity contribution >= 4 is 63.7 Å². The molecular formula is C56H68Br4O8. The SMILES string of the molecule is CCCCCc1c2c3c(CBr)c4c1Cc1c(CCCCC)c5c(c(CBr)c1OCO4)OCOc1c(c(CCCCC)c4c(c1CBr)OCOc1c(c(CCCCC)c(c(c1CBr)OCO3)C2)C4)C5. The molecule has 9 rings (SSSR count). The van der Waals surface area contributed by atoms with Gasteiger partial charge in [-0.05, 0) is 73.6 Å². The first-order valence-electron chi connectivity index (χ1n) is 25.5. The van der Waals surface area contributed by atoms with Crippen LogP contribution in [-0.2, 0) is 72.7 Å². The van der Waals surface area contributed by atoms with Gasteiger partial charge < -0.3 is 37.9 Å². The van der Waals surface area contributed by atoms with Gasteiger partial charge in [-0.2, -0.15) is 0 Å². The maximum atomic E-state index is 6.93. The summed E-state index contributed by atoms with van der Waals surface area (Å²) in [6.45, 7) is 9.40. The van der Waals surface area contributed by atoms with Crippen LogP contribution in [0, 0.1) is 0 Å². The highest BCUT2D eigenvalue weighted by Gasteiger charge is 2.38. The average Bonchev–Trinajstić information content (AvgIpc) is 3.31. The number of alkyl halides is 4. The lowest BCUT2D eigenvalue weighted by atomic mass is 9.78. The second-order valence-electron chi connectivity index (χ2n) is 19.0. The molecule has 8 nitrogen and oxygen atoms in total. The lowest BCUT2D eigenvalue weighted by Gasteiger charge is -2.35. The first-order valence-corrected chi connectivity index (χ1v) is 30.0. The summed E-state index contributed by atoms with van der Waals surface area (Å²) in [6, 6.07) is 0. The fourth-order valence-corrected chi connectivity index (χ4v) is 13.8. The van der Waals surface area contributed by atoms with Crippen LogP contribution in [0.5, 0.6) is 46.0 Å². The summed E-state index contributed by atoms with van der Waals surface area (Å²) in [6.07, 6.45) is 19.6. The maximum Gasteiger partial charge on any atom is 0.230 e. The summed E-state index contributed by atoms with van der Waals surface area (Å²) in [5.74, 6) is 6.96. The first kappa shape index (κ1) is 50.2. The van der Waals surface area contributed by atoms with Crippen molar-refractivity contribution in [2.24, 2.45) is 0 Å². The van der Waals surface area contributed by atoms with Crippen molar-refractivity contribution in [1.82, 2.24) is 0 Å². The van der Waals surface area contributed by atoms with E-state index in [1.54, 1.807) is 0 Å². The zero-order chi connectivity index (χ0) is 47.3. The van der Waals surface area contributed by atoms with Crippen LogP contribution in [0.3, 0.4) is 0 Å². The van der Waals surface area contributed by atoms with Crippen LogP contribution in [0.1, 0.15) is 194 Å². The Morgan fingerprint density at radius 2 is 0.441 bits per heavy atom. The average molecular weight is 1190 g/mol. The lowest BCUT2D eigenvalue weighted by molar-refractivity contribution is 0.0970. The van der Waals surface area contributed by atoms with Crippen molar-refractivity contribution in [3.63, 3.8) is 0 Å². The summed E-state index contributed by atoms with van der Waals surface area (Å²) in [5, 5.41) is 2.24. The molecule has 0 spiro atoms. The predicted molar refractivity (Wildman–Crippen MR) is 285 cm³/mol. The van der Waals surface area contributed by atoms with Crippen molar-refractivity contribution in [3.05, 3.63) is 89.0 Å².